The lowest BCUT2D eigenvalue weighted by molar-refractivity contribution is 1.01. The Balaban J connectivity index is 2.51. The fourth-order valence-electron chi connectivity index (χ4n) is 1.26. The highest BCUT2D eigenvalue weighted by Crippen LogP contribution is 2.28. The van der Waals surface area contributed by atoms with Crippen molar-refractivity contribution in [2.75, 3.05) is 0 Å². The van der Waals surface area contributed by atoms with Crippen LogP contribution in [0.4, 0.5) is 0 Å². The molecule has 0 aromatic carbocycles. The molecule has 0 aliphatic heterocycles. The molecule has 2 aromatic rings. The average Bonchev–Trinajstić information content (AvgIpc) is 2.77. The summed E-state index contributed by atoms with van der Waals surface area (Å²) < 4.78 is 1.81. The zero-order valence-electron chi connectivity index (χ0n) is 7.85. The van der Waals surface area contributed by atoms with Crippen LogP contribution in [-0.2, 0) is 0 Å². The molecule has 0 fully saturated rings. The van der Waals surface area contributed by atoms with E-state index >= 15 is 0 Å². The molecule has 0 spiro atoms. The lowest BCUT2D eigenvalue weighted by Gasteiger charge is -1.99. The van der Waals surface area contributed by atoms with E-state index in [1.165, 1.54) is 0 Å². The molecule has 0 bridgehead atoms. The Morgan fingerprint density at radius 2 is 2.31 bits per heavy atom. The van der Waals surface area contributed by atoms with Crippen molar-refractivity contribution in [3.8, 4) is 17.2 Å². The van der Waals surface area contributed by atoms with Gasteiger partial charge in [0.15, 0.2) is 0 Å². The van der Waals surface area contributed by atoms with Gasteiger partial charge in [-0.05, 0) is 34.2 Å². The van der Waals surface area contributed by atoms with Crippen molar-refractivity contribution in [3.05, 3.63) is 35.4 Å². The molecule has 0 aliphatic rings. The Bertz CT molecular complexity index is 563. The number of hydrogen-bond donors (Lipinski definition) is 0. The van der Waals surface area contributed by atoms with E-state index in [2.05, 4.69) is 32.1 Å². The number of halogens is 2. The highest BCUT2D eigenvalue weighted by molar-refractivity contribution is 14.2. The first kappa shape index (κ1) is 11.8. The molecule has 0 radical (unpaired) electrons. The fourth-order valence-corrected chi connectivity index (χ4v) is 2.49. The van der Waals surface area contributed by atoms with Crippen LogP contribution in [0.1, 0.15) is 5.69 Å². The molecule has 16 heavy (non-hydrogen) atoms. The van der Waals surface area contributed by atoms with E-state index in [1.54, 1.807) is 18.3 Å². The summed E-state index contributed by atoms with van der Waals surface area (Å²) in [6.45, 7) is 0. The molecule has 0 aliphatic carbocycles. The monoisotopic (exact) mass is 362 g/mol. The summed E-state index contributed by atoms with van der Waals surface area (Å²) in [4.78, 5) is 3.97. The molecule has 1 atom stereocenters. The summed E-state index contributed by atoms with van der Waals surface area (Å²) in [7, 11) is 0. The molecule has 1 unspecified atom stereocenters. The van der Waals surface area contributed by atoms with E-state index in [4.69, 9.17) is 16.9 Å². The van der Waals surface area contributed by atoms with Crippen molar-refractivity contribution in [1.29, 1.82) is 5.26 Å². The fraction of sp³-hybridized carbons (Fsp3) is 0. The molecular formula is C9H5ClIN4P. The minimum atomic E-state index is 0.323. The van der Waals surface area contributed by atoms with Crippen LogP contribution in [0.2, 0.25) is 5.15 Å². The van der Waals surface area contributed by atoms with Crippen molar-refractivity contribution >= 4 is 40.0 Å². The van der Waals surface area contributed by atoms with Gasteiger partial charge in [0.2, 0.25) is 0 Å². The molecule has 4 nitrogen and oxygen atoms in total. The second-order valence-electron chi connectivity index (χ2n) is 2.90. The largest absolute Gasteiger partial charge is 0.245 e. The van der Waals surface area contributed by atoms with Crippen molar-refractivity contribution in [2.24, 2.45) is 0 Å². The van der Waals surface area contributed by atoms with Crippen LogP contribution in [0.15, 0.2) is 24.5 Å². The molecule has 7 heteroatoms. The van der Waals surface area contributed by atoms with Gasteiger partial charge in [0.05, 0.1) is 12.6 Å². The van der Waals surface area contributed by atoms with Crippen molar-refractivity contribution in [2.45, 2.75) is 0 Å². The smallest absolute Gasteiger partial charge is 0.150 e. The van der Waals surface area contributed by atoms with Crippen molar-refractivity contribution in [3.63, 3.8) is 0 Å². The number of hydrogen-bond acceptors (Lipinski definition) is 3. The first-order chi connectivity index (χ1) is 7.74. The Morgan fingerprint density at radius 3 is 2.94 bits per heavy atom. The Labute approximate surface area is 112 Å². The molecule has 2 aromatic heterocycles. The number of aromatic nitrogens is 3. The van der Waals surface area contributed by atoms with E-state index in [1.807, 2.05) is 16.7 Å². The number of rotatable bonds is 2. The lowest BCUT2D eigenvalue weighted by Crippen LogP contribution is -1.88. The van der Waals surface area contributed by atoms with Crippen LogP contribution in [0, 0.1) is 11.3 Å². The first-order valence-electron chi connectivity index (χ1n) is 4.23. The van der Waals surface area contributed by atoms with Gasteiger partial charge >= 0.3 is 0 Å². The van der Waals surface area contributed by atoms with Crippen LogP contribution in [0.3, 0.4) is 0 Å². The maximum absolute atomic E-state index is 8.97. The van der Waals surface area contributed by atoms with Crippen molar-refractivity contribution in [1.82, 2.24) is 14.5 Å². The molecule has 0 saturated heterocycles. The molecule has 80 valence electrons. The highest BCUT2D eigenvalue weighted by Gasteiger charge is 2.09. The molecule has 0 saturated carbocycles. The minimum Gasteiger partial charge on any atom is -0.245 e. The average molecular weight is 362 g/mol. The van der Waals surface area contributed by atoms with Gasteiger partial charge in [-0.3, -0.25) is 0 Å². The van der Waals surface area contributed by atoms with E-state index in [0.717, 1.165) is 11.1 Å². The van der Waals surface area contributed by atoms with Gasteiger partial charge < -0.3 is 0 Å². The van der Waals surface area contributed by atoms with Crippen LogP contribution in [-0.4, -0.2) is 14.5 Å². The molecule has 0 N–H and O–H groups in total. The second kappa shape index (κ2) is 5.09. The number of nitrogens with zero attached hydrogens (tertiary/aromatic N) is 4. The van der Waals surface area contributed by atoms with Gasteiger partial charge in [-0.25, -0.2) is 9.44 Å². The van der Waals surface area contributed by atoms with Crippen LogP contribution >= 0.6 is 40.0 Å². The SMILES string of the molecule is N#Cc1nc(Cl)ccc1-c1cnn(PI)c1. The van der Waals surface area contributed by atoms with E-state index in [0.29, 0.717) is 17.2 Å². The van der Waals surface area contributed by atoms with Gasteiger partial charge in [0.25, 0.3) is 0 Å². The molecule has 0 amide bonds. The molecule has 2 rings (SSSR count). The summed E-state index contributed by atoms with van der Waals surface area (Å²) >= 11 is 7.97. The Hall–Kier alpha value is -0.700. The third kappa shape index (κ3) is 2.34. The number of nitriles is 1. The van der Waals surface area contributed by atoms with Crippen molar-refractivity contribution < 1.29 is 0 Å². The van der Waals surface area contributed by atoms with Crippen LogP contribution in [0.5, 0.6) is 0 Å². The van der Waals surface area contributed by atoms with Gasteiger partial charge in [-0.1, -0.05) is 11.6 Å². The maximum atomic E-state index is 8.97. The van der Waals surface area contributed by atoms with Gasteiger partial charge in [-0.15, -0.1) is 0 Å². The third-order valence-corrected chi connectivity index (χ3v) is 4.06. The Kier molecular flexibility index (Phi) is 3.74. The quantitative estimate of drug-likeness (QED) is 0.468. The van der Waals surface area contributed by atoms with Gasteiger partial charge in [0, 0.05) is 17.3 Å². The second-order valence-corrected chi connectivity index (χ2v) is 5.36. The van der Waals surface area contributed by atoms with Gasteiger partial charge in [0.1, 0.15) is 16.9 Å². The lowest BCUT2D eigenvalue weighted by atomic mass is 10.1. The van der Waals surface area contributed by atoms with Crippen LogP contribution < -0.4 is 0 Å². The van der Waals surface area contributed by atoms with Crippen LogP contribution in [0.25, 0.3) is 11.1 Å². The van der Waals surface area contributed by atoms with E-state index in [9.17, 15) is 0 Å². The number of pyridine rings is 1. The molecule has 2 heterocycles. The predicted molar refractivity (Wildman–Crippen MR) is 72.9 cm³/mol. The Morgan fingerprint density at radius 1 is 1.50 bits per heavy atom. The zero-order chi connectivity index (χ0) is 11.5. The van der Waals surface area contributed by atoms with E-state index < -0.39 is 0 Å². The predicted octanol–water partition coefficient (Wildman–Crippen LogP) is 3.26. The normalized spacial score (nSPS) is 10.8. The summed E-state index contributed by atoms with van der Waals surface area (Å²) in [5.41, 5.74) is 1.96. The minimum absolute atomic E-state index is 0.323. The third-order valence-electron chi connectivity index (χ3n) is 1.95. The summed E-state index contributed by atoms with van der Waals surface area (Å²) in [6, 6.07) is 5.48. The zero-order valence-corrected chi connectivity index (χ0v) is 11.8. The first-order valence-corrected chi connectivity index (χ1v) is 8.67. The summed E-state index contributed by atoms with van der Waals surface area (Å²) in [5.74, 6) is 0. The highest BCUT2D eigenvalue weighted by atomic mass is 127. The maximum Gasteiger partial charge on any atom is 0.150 e. The van der Waals surface area contributed by atoms with Gasteiger partial charge in [-0.2, -0.15) is 10.4 Å². The standard InChI is InChI=1S/C9H5ClIN4P/c10-9-2-1-7(8(3-12)14-9)6-4-13-15(5-6)16-11/h1-2,4-5,16H. The summed E-state index contributed by atoms with van der Waals surface area (Å²) in [5, 5.41) is 13.5. The molecular weight excluding hydrogens is 357 g/mol. The topological polar surface area (TPSA) is 54.5 Å². The summed E-state index contributed by atoms with van der Waals surface area (Å²) in [6.07, 6.45) is 4.14. The van der Waals surface area contributed by atoms with E-state index in [-0.39, 0.29) is 0 Å².